The van der Waals surface area contributed by atoms with Crippen LogP contribution in [0.5, 0.6) is 0 Å². The summed E-state index contributed by atoms with van der Waals surface area (Å²) in [5.41, 5.74) is 0.990. The highest BCUT2D eigenvalue weighted by molar-refractivity contribution is 5.24. The standard InChI is InChI=1S/C11H15F2N/c1-8(2)14-7-9-4-3-5-10(6-9)11(12)13/h3-6,8,11,14H,7H2,1-2H3. The second-order valence-electron chi connectivity index (χ2n) is 3.58. The summed E-state index contributed by atoms with van der Waals surface area (Å²) in [5, 5.41) is 3.18. The van der Waals surface area contributed by atoms with Crippen LogP contribution in [0.15, 0.2) is 24.3 Å². The maximum Gasteiger partial charge on any atom is 0.263 e. The fourth-order valence-corrected chi connectivity index (χ4v) is 1.16. The lowest BCUT2D eigenvalue weighted by Crippen LogP contribution is -2.21. The van der Waals surface area contributed by atoms with E-state index in [1.807, 2.05) is 19.9 Å². The average Bonchev–Trinajstić information content (AvgIpc) is 2.15. The number of halogens is 2. The third kappa shape index (κ3) is 3.42. The minimum absolute atomic E-state index is 0.0908. The predicted octanol–water partition coefficient (Wildman–Crippen LogP) is 3.12. The molecular formula is C11H15F2N. The molecule has 1 rings (SSSR count). The van der Waals surface area contributed by atoms with E-state index < -0.39 is 6.43 Å². The van der Waals surface area contributed by atoms with Gasteiger partial charge in [-0.05, 0) is 11.6 Å². The van der Waals surface area contributed by atoms with Crippen molar-refractivity contribution >= 4 is 0 Å². The van der Waals surface area contributed by atoms with Crippen molar-refractivity contribution < 1.29 is 8.78 Å². The van der Waals surface area contributed by atoms with Gasteiger partial charge >= 0.3 is 0 Å². The molecule has 0 unspecified atom stereocenters. The Labute approximate surface area is 83.1 Å². The normalized spacial score (nSPS) is 11.3. The van der Waals surface area contributed by atoms with Gasteiger partial charge in [-0.15, -0.1) is 0 Å². The van der Waals surface area contributed by atoms with E-state index in [-0.39, 0.29) is 5.56 Å². The van der Waals surface area contributed by atoms with Crippen LogP contribution in [0.1, 0.15) is 31.4 Å². The van der Waals surface area contributed by atoms with Crippen molar-refractivity contribution in [3.05, 3.63) is 35.4 Å². The van der Waals surface area contributed by atoms with Crippen LogP contribution in [0.4, 0.5) is 8.78 Å². The van der Waals surface area contributed by atoms with Gasteiger partial charge in [0.15, 0.2) is 0 Å². The lowest BCUT2D eigenvalue weighted by atomic mass is 10.1. The third-order valence-electron chi connectivity index (χ3n) is 1.92. The van der Waals surface area contributed by atoms with Crippen molar-refractivity contribution in [3.63, 3.8) is 0 Å². The first kappa shape index (κ1) is 11.1. The van der Waals surface area contributed by atoms with E-state index in [1.54, 1.807) is 12.1 Å². The van der Waals surface area contributed by atoms with E-state index in [9.17, 15) is 8.78 Å². The molecule has 0 saturated carbocycles. The minimum Gasteiger partial charge on any atom is -0.310 e. The number of alkyl halides is 2. The molecule has 0 aliphatic heterocycles. The van der Waals surface area contributed by atoms with Crippen molar-refractivity contribution in [2.75, 3.05) is 0 Å². The van der Waals surface area contributed by atoms with E-state index in [1.165, 1.54) is 6.07 Å². The number of hydrogen-bond acceptors (Lipinski definition) is 1. The van der Waals surface area contributed by atoms with E-state index in [4.69, 9.17) is 0 Å². The Bertz CT molecular complexity index is 284. The Balaban J connectivity index is 2.64. The Morgan fingerprint density at radius 2 is 2.00 bits per heavy atom. The molecule has 1 aromatic rings. The van der Waals surface area contributed by atoms with Crippen LogP contribution < -0.4 is 5.32 Å². The number of benzene rings is 1. The summed E-state index contributed by atoms with van der Waals surface area (Å²) >= 11 is 0. The van der Waals surface area contributed by atoms with Crippen LogP contribution in [-0.2, 0) is 6.54 Å². The van der Waals surface area contributed by atoms with E-state index in [0.29, 0.717) is 12.6 Å². The predicted molar refractivity (Wildman–Crippen MR) is 53.4 cm³/mol. The van der Waals surface area contributed by atoms with Gasteiger partial charge in [0.05, 0.1) is 0 Å². The highest BCUT2D eigenvalue weighted by atomic mass is 19.3. The maximum atomic E-state index is 12.3. The molecule has 0 bridgehead atoms. The van der Waals surface area contributed by atoms with Crippen LogP contribution in [0, 0.1) is 0 Å². The third-order valence-corrected chi connectivity index (χ3v) is 1.92. The fraction of sp³-hybridized carbons (Fsp3) is 0.455. The van der Waals surface area contributed by atoms with Crippen molar-refractivity contribution in [2.24, 2.45) is 0 Å². The molecule has 0 spiro atoms. The monoisotopic (exact) mass is 199 g/mol. The summed E-state index contributed by atoms with van der Waals surface area (Å²) in [5.74, 6) is 0. The van der Waals surface area contributed by atoms with Gasteiger partial charge in [0, 0.05) is 18.2 Å². The highest BCUT2D eigenvalue weighted by Gasteiger charge is 2.06. The van der Waals surface area contributed by atoms with Crippen LogP contribution in [0.2, 0.25) is 0 Å². The van der Waals surface area contributed by atoms with Crippen LogP contribution in [0.3, 0.4) is 0 Å². The number of hydrogen-bond donors (Lipinski definition) is 1. The zero-order chi connectivity index (χ0) is 10.6. The average molecular weight is 199 g/mol. The van der Waals surface area contributed by atoms with Gasteiger partial charge in [-0.3, -0.25) is 0 Å². The van der Waals surface area contributed by atoms with Gasteiger partial charge in [0.25, 0.3) is 6.43 Å². The number of nitrogens with one attached hydrogen (secondary N) is 1. The first-order valence-corrected chi connectivity index (χ1v) is 4.70. The molecule has 0 atom stereocenters. The lowest BCUT2D eigenvalue weighted by Gasteiger charge is -2.09. The van der Waals surface area contributed by atoms with Gasteiger partial charge in [-0.1, -0.05) is 32.0 Å². The first-order chi connectivity index (χ1) is 6.59. The molecular weight excluding hydrogens is 184 g/mol. The zero-order valence-electron chi connectivity index (χ0n) is 8.43. The summed E-state index contributed by atoms with van der Waals surface area (Å²) in [6.07, 6.45) is -2.38. The summed E-state index contributed by atoms with van der Waals surface area (Å²) < 4.78 is 24.7. The molecule has 1 nitrogen and oxygen atoms in total. The summed E-state index contributed by atoms with van der Waals surface area (Å²) in [6, 6.07) is 6.87. The van der Waals surface area contributed by atoms with Gasteiger partial charge < -0.3 is 5.32 Å². The molecule has 3 heteroatoms. The zero-order valence-corrected chi connectivity index (χ0v) is 8.43. The van der Waals surface area contributed by atoms with Gasteiger partial charge in [0.2, 0.25) is 0 Å². The smallest absolute Gasteiger partial charge is 0.263 e. The maximum absolute atomic E-state index is 12.3. The summed E-state index contributed by atoms with van der Waals surface area (Å²) in [4.78, 5) is 0. The van der Waals surface area contributed by atoms with E-state index in [2.05, 4.69) is 5.32 Å². The van der Waals surface area contributed by atoms with E-state index >= 15 is 0 Å². The molecule has 0 saturated heterocycles. The largest absolute Gasteiger partial charge is 0.310 e. The van der Waals surface area contributed by atoms with Gasteiger partial charge in [-0.2, -0.15) is 0 Å². The molecule has 0 fully saturated rings. The Kier molecular flexibility index (Phi) is 4.01. The fourth-order valence-electron chi connectivity index (χ4n) is 1.16. The van der Waals surface area contributed by atoms with Gasteiger partial charge in [-0.25, -0.2) is 8.78 Å². The Morgan fingerprint density at radius 3 is 2.57 bits per heavy atom. The lowest BCUT2D eigenvalue weighted by molar-refractivity contribution is 0.151. The Morgan fingerprint density at radius 1 is 1.29 bits per heavy atom. The summed E-state index contributed by atoms with van der Waals surface area (Å²) in [7, 11) is 0. The molecule has 1 aromatic carbocycles. The number of rotatable bonds is 4. The molecule has 1 N–H and O–H groups in total. The quantitative estimate of drug-likeness (QED) is 0.785. The molecule has 0 aliphatic rings. The molecule has 0 aliphatic carbocycles. The second-order valence-corrected chi connectivity index (χ2v) is 3.58. The van der Waals surface area contributed by atoms with Gasteiger partial charge in [0.1, 0.15) is 0 Å². The topological polar surface area (TPSA) is 12.0 Å². The van der Waals surface area contributed by atoms with Crippen molar-refractivity contribution in [3.8, 4) is 0 Å². The van der Waals surface area contributed by atoms with Crippen molar-refractivity contribution in [2.45, 2.75) is 32.9 Å². The first-order valence-electron chi connectivity index (χ1n) is 4.70. The molecule has 0 amide bonds. The summed E-state index contributed by atoms with van der Waals surface area (Å²) in [6.45, 7) is 4.69. The minimum atomic E-state index is -2.38. The second kappa shape index (κ2) is 5.05. The highest BCUT2D eigenvalue weighted by Crippen LogP contribution is 2.19. The molecule has 0 radical (unpaired) electrons. The SMILES string of the molecule is CC(C)NCc1cccc(C(F)F)c1. The van der Waals surface area contributed by atoms with Crippen LogP contribution in [-0.4, -0.2) is 6.04 Å². The van der Waals surface area contributed by atoms with Crippen LogP contribution in [0.25, 0.3) is 0 Å². The van der Waals surface area contributed by atoms with Crippen molar-refractivity contribution in [1.29, 1.82) is 0 Å². The van der Waals surface area contributed by atoms with Crippen LogP contribution >= 0.6 is 0 Å². The van der Waals surface area contributed by atoms with E-state index in [0.717, 1.165) is 5.56 Å². The molecule has 14 heavy (non-hydrogen) atoms. The Hall–Kier alpha value is -0.960. The molecule has 78 valence electrons. The molecule has 0 heterocycles. The molecule has 0 aromatic heterocycles. The van der Waals surface area contributed by atoms with Crippen molar-refractivity contribution in [1.82, 2.24) is 5.32 Å².